The van der Waals surface area contributed by atoms with Crippen molar-refractivity contribution >= 4 is 28.2 Å². The second kappa shape index (κ2) is 11.5. The molecule has 1 aromatic carbocycles. The molecule has 11 heteroatoms. The van der Waals surface area contributed by atoms with E-state index in [1.807, 2.05) is 0 Å². The maximum absolute atomic E-state index is 14.8. The molecule has 0 amide bonds. The summed E-state index contributed by atoms with van der Waals surface area (Å²) < 4.78 is 61.6. The van der Waals surface area contributed by atoms with Gasteiger partial charge in [0.2, 0.25) is 0 Å². The van der Waals surface area contributed by atoms with Gasteiger partial charge in [0.05, 0.1) is 23.0 Å². The number of halogens is 5. The summed E-state index contributed by atoms with van der Waals surface area (Å²) in [5, 5.41) is 0.901. The zero-order chi connectivity index (χ0) is 29.2. The lowest BCUT2D eigenvalue weighted by atomic mass is 10.0. The molecule has 0 atom stereocenters. The molecule has 208 valence electrons. The summed E-state index contributed by atoms with van der Waals surface area (Å²) in [4.78, 5) is 23.0. The van der Waals surface area contributed by atoms with Crippen molar-refractivity contribution in [2.45, 2.75) is 26.3 Å². The zero-order valence-electron chi connectivity index (χ0n) is 21.9. The summed E-state index contributed by atoms with van der Waals surface area (Å²) in [5.74, 6) is -0.124. The van der Waals surface area contributed by atoms with Crippen molar-refractivity contribution in [3.8, 4) is 5.75 Å². The smallest absolute Gasteiger partial charge is 0.421 e. The standard InChI is InChI=1S/C29H25ClF4N4O2/c1-5-23(31)27(37(3)4)19-14-17(2)36-26-18(19)8-6-10-25(26)40-16-20-22(30)11-12-35-24(20)15-38-13-7-9-21(28(38)39)29(32,33)34/h5-14H,1,15-16H2,2-4H3/b27-23+. The summed E-state index contributed by atoms with van der Waals surface area (Å²) in [6.45, 7) is 4.96. The number of allylic oxidation sites excluding steroid dienone is 2. The van der Waals surface area contributed by atoms with Gasteiger partial charge in [0.25, 0.3) is 5.56 Å². The Hall–Kier alpha value is -4.18. The molecule has 0 saturated carbocycles. The van der Waals surface area contributed by atoms with Crippen molar-refractivity contribution in [2.24, 2.45) is 0 Å². The number of ether oxygens (including phenoxy) is 1. The topological polar surface area (TPSA) is 60.3 Å². The number of fused-ring (bicyclic) bond motifs is 1. The number of hydrogen-bond acceptors (Lipinski definition) is 5. The lowest BCUT2D eigenvalue weighted by Crippen LogP contribution is -2.28. The minimum Gasteiger partial charge on any atom is -0.486 e. The molecule has 0 aliphatic rings. The highest BCUT2D eigenvalue weighted by atomic mass is 35.5. The number of pyridine rings is 3. The number of benzene rings is 1. The average Bonchev–Trinajstić information content (AvgIpc) is 2.88. The predicted octanol–water partition coefficient (Wildman–Crippen LogP) is 6.79. The van der Waals surface area contributed by atoms with E-state index in [1.165, 1.54) is 18.5 Å². The third-order valence-electron chi connectivity index (χ3n) is 6.14. The van der Waals surface area contributed by atoms with Crippen LogP contribution in [0.15, 0.2) is 78.1 Å². The van der Waals surface area contributed by atoms with E-state index in [4.69, 9.17) is 16.3 Å². The molecular weight excluding hydrogens is 548 g/mol. The average molecular weight is 573 g/mol. The Bertz CT molecular complexity index is 1680. The van der Waals surface area contributed by atoms with E-state index in [0.29, 0.717) is 39.2 Å². The third-order valence-corrected chi connectivity index (χ3v) is 6.50. The fourth-order valence-electron chi connectivity index (χ4n) is 4.33. The largest absolute Gasteiger partial charge is 0.486 e. The van der Waals surface area contributed by atoms with Crippen LogP contribution >= 0.6 is 11.6 Å². The van der Waals surface area contributed by atoms with E-state index >= 15 is 0 Å². The second-order valence-electron chi connectivity index (χ2n) is 9.12. The van der Waals surface area contributed by atoms with Gasteiger partial charge in [-0.25, -0.2) is 9.37 Å². The second-order valence-corrected chi connectivity index (χ2v) is 9.53. The van der Waals surface area contributed by atoms with Gasteiger partial charge in [-0.05, 0) is 43.3 Å². The summed E-state index contributed by atoms with van der Waals surface area (Å²) in [5.41, 5.74) is 0.215. The number of aromatic nitrogens is 3. The Kier molecular flexibility index (Phi) is 8.29. The van der Waals surface area contributed by atoms with Crippen molar-refractivity contribution in [3.05, 3.63) is 117 Å². The summed E-state index contributed by atoms with van der Waals surface area (Å²) in [6.07, 6.45) is -0.999. The number of aryl methyl sites for hydroxylation is 1. The molecule has 0 radical (unpaired) electrons. The van der Waals surface area contributed by atoms with E-state index in [9.17, 15) is 22.4 Å². The molecule has 40 heavy (non-hydrogen) atoms. The molecule has 4 aromatic rings. The monoisotopic (exact) mass is 572 g/mol. The fraction of sp³-hybridized carbons (Fsp3) is 0.207. The van der Waals surface area contributed by atoms with Gasteiger partial charge in [0.1, 0.15) is 29.3 Å². The number of rotatable bonds is 8. The first-order valence-electron chi connectivity index (χ1n) is 12.0. The molecule has 0 unspecified atom stereocenters. The molecule has 6 nitrogen and oxygen atoms in total. The number of nitrogens with zero attached hydrogens (tertiary/aromatic N) is 4. The van der Waals surface area contributed by atoms with Crippen molar-refractivity contribution < 1.29 is 22.3 Å². The summed E-state index contributed by atoms with van der Waals surface area (Å²) in [6, 6.07) is 10.4. The predicted molar refractivity (Wildman–Crippen MR) is 147 cm³/mol. The molecule has 0 spiro atoms. The van der Waals surface area contributed by atoms with Gasteiger partial charge in [0, 0.05) is 48.7 Å². The van der Waals surface area contributed by atoms with Gasteiger partial charge >= 0.3 is 6.18 Å². The van der Waals surface area contributed by atoms with Crippen LogP contribution in [0.2, 0.25) is 5.02 Å². The van der Waals surface area contributed by atoms with Gasteiger partial charge in [0.15, 0.2) is 0 Å². The van der Waals surface area contributed by atoms with Gasteiger partial charge in [-0.3, -0.25) is 9.78 Å². The molecule has 0 bridgehead atoms. The Labute approximate surface area is 232 Å². The van der Waals surface area contributed by atoms with E-state index in [2.05, 4.69) is 16.5 Å². The summed E-state index contributed by atoms with van der Waals surface area (Å²) in [7, 11) is 3.45. The van der Waals surface area contributed by atoms with Crippen LogP contribution in [0.4, 0.5) is 17.6 Å². The van der Waals surface area contributed by atoms with Gasteiger partial charge < -0.3 is 14.2 Å². The Morgan fingerprint density at radius 2 is 1.95 bits per heavy atom. The summed E-state index contributed by atoms with van der Waals surface area (Å²) >= 11 is 6.44. The van der Waals surface area contributed by atoms with Crippen LogP contribution in [-0.2, 0) is 19.3 Å². The normalized spacial score (nSPS) is 12.3. The van der Waals surface area contributed by atoms with Crippen LogP contribution in [0.25, 0.3) is 16.6 Å². The molecule has 3 aromatic heterocycles. The van der Waals surface area contributed by atoms with Crippen LogP contribution in [0.1, 0.15) is 28.1 Å². The highest BCUT2D eigenvalue weighted by Crippen LogP contribution is 2.34. The maximum atomic E-state index is 14.8. The highest BCUT2D eigenvalue weighted by Gasteiger charge is 2.34. The van der Waals surface area contributed by atoms with Crippen molar-refractivity contribution in [1.82, 2.24) is 19.4 Å². The Balaban J connectivity index is 1.73. The Morgan fingerprint density at radius 3 is 2.62 bits per heavy atom. The minimum atomic E-state index is -4.79. The third kappa shape index (κ3) is 5.86. The number of hydrogen-bond donors (Lipinski definition) is 0. The van der Waals surface area contributed by atoms with Crippen LogP contribution in [0.5, 0.6) is 5.75 Å². The van der Waals surface area contributed by atoms with Crippen LogP contribution in [0, 0.1) is 6.92 Å². The number of alkyl halides is 3. The highest BCUT2D eigenvalue weighted by molar-refractivity contribution is 6.31. The molecule has 3 heterocycles. The Morgan fingerprint density at radius 1 is 1.20 bits per heavy atom. The molecule has 0 N–H and O–H groups in total. The number of para-hydroxylation sites is 1. The molecule has 4 rings (SSSR count). The van der Waals surface area contributed by atoms with E-state index in [0.717, 1.165) is 22.8 Å². The van der Waals surface area contributed by atoms with Crippen molar-refractivity contribution in [1.29, 1.82) is 0 Å². The first-order valence-corrected chi connectivity index (χ1v) is 12.4. The van der Waals surface area contributed by atoms with E-state index in [1.54, 1.807) is 50.2 Å². The van der Waals surface area contributed by atoms with Crippen LogP contribution in [0.3, 0.4) is 0 Å². The molecule has 0 saturated heterocycles. The minimum absolute atomic E-state index is 0.114. The zero-order valence-corrected chi connectivity index (χ0v) is 22.6. The molecule has 0 aliphatic heterocycles. The SMILES string of the molecule is C=C/C(F)=C(/c1cc(C)nc2c(OCc3c(Cl)ccnc3Cn3cccc(C(F)(F)F)c3=O)cccc12)N(C)C. The maximum Gasteiger partial charge on any atom is 0.421 e. The molecule has 0 fully saturated rings. The first kappa shape index (κ1) is 28.8. The quantitative estimate of drug-likeness (QED) is 0.172. The van der Waals surface area contributed by atoms with E-state index < -0.39 is 23.1 Å². The fourth-order valence-corrected chi connectivity index (χ4v) is 4.55. The molecule has 0 aliphatic carbocycles. The van der Waals surface area contributed by atoms with Gasteiger partial charge in [-0.15, -0.1) is 0 Å². The van der Waals surface area contributed by atoms with E-state index in [-0.39, 0.29) is 23.9 Å². The van der Waals surface area contributed by atoms with Crippen LogP contribution < -0.4 is 10.3 Å². The van der Waals surface area contributed by atoms with Crippen molar-refractivity contribution in [2.75, 3.05) is 14.1 Å². The van der Waals surface area contributed by atoms with Gasteiger partial charge in [-0.1, -0.05) is 30.3 Å². The van der Waals surface area contributed by atoms with Gasteiger partial charge in [-0.2, -0.15) is 13.2 Å². The molecular formula is C29H25ClF4N4O2. The first-order chi connectivity index (χ1) is 18.9. The lowest BCUT2D eigenvalue weighted by Gasteiger charge is -2.21. The van der Waals surface area contributed by atoms with Crippen molar-refractivity contribution in [3.63, 3.8) is 0 Å². The lowest BCUT2D eigenvalue weighted by molar-refractivity contribution is -0.138. The van der Waals surface area contributed by atoms with Crippen LogP contribution in [-0.4, -0.2) is 33.5 Å².